The molecule has 0 bridgehead atoms. The second-order valence-corrected chi connectivity index (χ2v) is 26.0. The summed E-state index contributed by atoms with van der Waals surface area (Å²) in [6, 6.07) is 0. The lowest BCUT2D eigenvalue weighted by molar-refractivity contribution is -0.271. The minimum atomic E-state index is -0.451. The van der Waals surface area contributed by atoms with Gasteiger partial charge in [0.25, 0.3) is 0 Å². The third-order valence-corrected chi connectivity index (χ3v) is 22.6. The van der Waals surface area contributed by atoms with Gasteiger partial charge in [-0.3, -0.25) is 9.59 Å². The van der Waals surface area contributed by atoms with Gasteiger partial charge in [0, 0.05) is 74.0 Å². The van der Waals surface area contributed by atoms with Crippen LogP contribution >= 0.6 is 0 Å². The van der Waals surface area contributed by atoms with Crippen molar-refractivity contribution in [2.75, 3.05) is 13.2 Å². The van der Waals surface area contributed by atoms with Crippen molar-refractivity contribution in [2.45, 2.75) is 208 Å². The van der Waals surface area contributed by atoms with Crippen molar-refractivity contribution in [1.82, 2.24) is 0 Å². The average molecular weight is 907 g/mol. The molecule has 0 aromatic heterocycles. The number of hydrogen-bond donors (Lipinski definition) is 0. The van der Waals surface area contributed by atoms with Crippen LogP contribution in [-0.2, 0) is 38.0 Å². The van der Waals surface area contributed by atoms with Gasteiger partial charge in [-0.25, -0.2) is 0 Å². The van der Waals surface area contributed by atoms with Crippen LogP contribution in [-0.4, -0.2) is 61.1 Å². The van der Waals surface area contributed by atoms with E-state index in [1.807, 2.05) is 0 Å². The maximum absolute atomic E-state index is 12.5. The second-order valence-electron chi connectivity index (χ2n) is 26.0. The summed E-state index contributed by atoms with van der Waals surface area (Å²) < 4.78 is 40.5. The molecule has 8 nitrogen and oxygen atoms in total. The molecule has 8 fully saturated rings. The second kappa shape index (κ2) is 15.1. The van der Waals surface area contributed by atoms with E-state index in [1.165, 1.54) is 36.8 Å². The number of fused-ring (bicyclic) bond motifs is 12. The zero-order chi connectivity index (χ0) is 46.1. The van der Waals surface area contributed by atoms with Crippen molar-refractivity contribution >= 4 is 11.9 Å². The van der Waals surface area contributed by atoms with Gasteiger partial charge >= 0.3 is 11.9 Å². The highest BCUT2D eigenvalue weighted by molar-refractivity contribution is 5.66. The lowest BCUT2D eigenvalue weighted by atomic mass is 9.47. The number of rotatable bonds is 3. The molecule has 0 aromatic rings. The number of ether oxygens (including phenoxy) is 6. The van der Waals surface area contributed by atoms with Crippen LogP contribution < -0.4 is 0 Å². The van der Waals surface area contributed by atoms with Gasteiger partial charge in [-0.1, -0.05) is 101 Å². The molecule has 0 aromatic carbocycles. The molecular formula is C58H82O8. The van der Waals surface area contributed by atoms with Crippen molar-refractivity contribution in [3.8, 4) is 0 Å². The topological polar surface area (TPSA) is 89.5 Å². The Morgan fingerprint density at radius 3 is 1.35 bits per heavy atom. The highest BCUT2D eigenvalue weighted by Gasteiger charge is 2.70. The van der Waals surface area contributed by atoms with E-state index in [9.17, 15) is 9.59 Å². The average Bonchev–Trinajstić information content (AvgIpc) is 3.92. The number of allylic oxidation sites excluding steroid dienone is 6. The summed E-state index contributed by atoms with van der Waals surface area (Å²) in [5.74, 6) is 2.78. The Bertz CT molecular complexity index is 2030. The summed E-state index contributed by atoms with van der Waals surface area (Å²) in [6.07, 6.45) is 22.3. The molecule has 12 aliphatic rings. The van der Waals surface area contributed by atoms with Gasteiger partial charge in [0.1, 0.15) is 12.2 Å². The Hall–Kier alpha value is -2.26. The number of carbonyl (C=O) groups excluding carboxylic acids is 2. The summed E-state index contributed by atoms with van der Waals surface area (Å²) in [5, 5.41) is 0. The third kappa shape index (κ3) is 6.20. The summed E-state index contributed by atoms with van der Waals surface area (Å²) in [6.45, 7) is 24.8. The van der Waals surface area contributed by atoms with E-state index in [4.69, 9.17) is 28.4 Å². The van der Waals surface area contributed by atoms with Gasteiger partial charge in [-0.15, -0.1) is 0 Å². The summed E-state index contributed by atoms with van der Waals surface area (Å²) in [5.41, 5.74) is 10.0. The molecule has 12 rings (SSSR count). The molecule has 66 heavy (non-hydrogen) atoms. The third-order valence-electron chi connectivity index (χ3n) is 22.6. The Kier molecular flexibility index (Phi) is 10.3. The highest BCUT2D eigenvalue weighted by atomic mass is 16.7. The molecule has 4 saturated carbocycles. The highest BCUT2D eigenvalue weighted by Crippen LogP contribution is 2.74. The van der Waals surface area contributed by atoms with Crippen LogP contribution in [0.1, 0.15) is 172 Å². The molecule has 0 amide bonds. The maximum Gasteiger partial charge on any atom is 0.302 e. The SMILES string of the molecule is CC(=O)O[C@@H]1CC[C@@]2(C)C(=C[C@@H]([C@H]3C=C4C[C@H](OC(C)=O)CC[C@@]4(C)C4=C3[C@H]3C[C@@H]5O[C@]6(CC[C@H](C)CO6)[C@H](C)[C@@H]5[C@]3(C)CC4)C3=C2CC[C@@]2(C)[C@@H]4[C@H](C[C@@H]32)O[C@]2(CC[C@H](C)CO2)[C@@H]4C)C1. The summed E-state index contributed by atoms with van der Waals surface area (Å²) >= 11 is 0. The minimum absolute atomic E-state index is 0.0445. The van der Waals surface area contributed by atoms with Gasteiger partial charge in [0.15, 0.2) is 11.6 Å². The number of carbonyl (C=O) groups is 2. The molecule has 8 aliphatic carbocycles. The van der Waals surface area contributed by atoms with Crippen LogP contribution in [0.5, 0.6) is 0 Å². The van der Waals surface area contributed by atoms with E-state index < -0.39 is 11.6 Å². The van der Waals surface area contributed by atoms with E-state index in [0.29, 0.717) is 47.3 Å². The van der Waals surface area contributed by atoms with Crippen LogP contribution in [0.4, 0.5) is 0 Å². The van der Waals surface area contributed by atoms with Gasteiger partial charge in [-0.2, -0.15) is 0 Å². The zero-order valence-corrected chi connectivity index (χ0v) is 42.2. The molecule has 0 radical (unpaired) electrons. The predicted molar refractivity (Wildman–Crippen MR) is 252 cm³/mol. The van der Waals surface area contributed by atoms with Crippen LogP contribution in [0.25, 0.3) is 0 Å². The molecule has 0 N–H and O–H groups in total. The fraction of sp³-hybridized carbons (Fsp3) is 0.828. The largest absolute Gasteiger partial charge is 0.462 e. The first kappa shape index (κ1) is 44.9. The van der Waals surface area contributed by atoms with Crippen molar-refractivity contribution < 1.29 is 38.0 Å². The van der Waals surface area contributed by atoms with Crippen molar-refractivity contribution in [3.63, 3.8) is 0 Å². The first-order chi connectivity index (χ1) is 31.3. The number of hydrogen-bond acceptors (Lipinski definition) is 8. The van der Waals surface area contributed by atoms with Crippen molar-refractivity contribution in [3.05, 3.63) is 45.6 Å². The Morgan fingerprint density at radius 2 is 0.985 bits per heavy atom. The van der Waals surface area contributed by atoms with Gasteiger partial charge < -0.3 is 28.4 Å². The first-order valence-electron chi connectivity index (χ1n) is 27.2. The molecule has 2 spiro atoms. The van der Waals surface area contributed by atoms with Crippen LogP contribution in [0, 0.1) is 80.8 Å². The lowest BCUT2D eigenvalue weighted by Crippen LogP contribution is -2.50. The maximum atomic E-state index is 12.5. The lowest BCUT2D eigenvalue weighted by Gasteiger charge is -2.58. The molecule has 20 atom stereocenters. The summed E-state index contributed by atoms with van der Waals surface area (Å²) in [7, 11) is 0. The smallest absolute Gasteiger partial charge is 0.302 e. The molecule has 4 aliphatic heterocycles. The number of esters is 2. The quantitative estimate of drug-likeness (QED) is 0.204. The van der Waals surface area contributed by atoms with E-state index in [1.54, 1.807) is 36.1 Å². The molecule has 0 unspecified atom stereocenters. The predicted octanol–water partition coefficient (Wildman–Crippen LogP) is 12.2. The standard InChI is InChI=1S/C58H82O8/c1-31-11-21-57(61-29-31)33(3)51-47(65-57)27-45-49-41(25-37-23-39(63-35(5)59)13-17-53(37,7)43(49)15-19-55(45,51)9)42-26-38-24-40(64-36(6)60)14-18-54(38,8)44-16-20-56(10)46(50(42)44)28-48-52(56)34(4)58(66-48)22-12-32(2)30-62-58/h25-26,31-34,39-42,45-48,51-52H,11-24,27-30H2,1-10H3/t31-,32-,33+,34+,39+,40+,41-,42+,45-,46+,47-,48-,51-,52-,53-,54+,55+,56+,57+,58+/m0/s1. The Labute approximate surface area is 396 Å². The Balaban J connectivity index is 0.992. The normalized spacial score (nSPS) is 53.4. The molecule has 4 saturated heterocycles. The first-order valence-corrected chi connectivity index (χ1v) is 27.2. The van der Waals surface area contributed by atoms with E-state index in [-0.39, 0.29) is 69.9 Å². The monoisotopic (exact) mass is 907 g/mol. The van der Waals surface area contributed by atoms with E-state index in [0.717, 1.165) is 90.3 Å². The molecule has 4 heterocycles. The van der Waals surface area contributed by atoms with Gasteiger partial charge in [0.05, 0.1) is 25.4 Å². The van der Waals surface area contributed by atoms with Crippen LogP contribution in [0.3, 0.4) is 0 Å². The van der Waals surface area contributed by atoms with E-state index in [2.05, 4.69) is 67.5 Å². The summed E-state index contributed by atoms with van der Waals surface area (Å²) in [4.78, 5) is 25.1. The Morgan fingerprint density at radius 1 is 0.576 bits per heavy atom. The van der Waals surface area contributed by atoms with Crippen LogP contribution in [0.2, 0.25) is 0 Å². The fourth-order valence-electron chi connectivity index (χ4n) is 19.2. The van der Waals surface area contributed by atoms with E-state index >= 15 is 0 Å². The fourth-order valence-corrected chi connectivity index (χ4v) is 19.2. The molecule has 8 heteroatoms. The zero-order valence-electron chi connectivity index (χ0n) is 42.2. The van der Waals surface area contributed by atoms with Crippen LogP contribution in [0.15, 0.2) is 45.6 Å². The van der Waals surface area contributed by atoms with Gasteiger partial charge in [-0.05, 0) is 123 Å². The molecular weight excluding hydrogens is 825 g/mol. The molecule has 362 valence electrons. The minimum Gasteiger partial charge on any atom is -0.462 e. The van der Waals surface area contributed by atoms with Crippen molar-refractivity contribution in [2.24, 2.45) is 80.8 Å². The van der Waals surface area contributed by atoms with Crippen molar-refractivity contribution in [1.29, 1.82) is 0 Å². The van der Waals surface area contributed by atoms with Gasteiger partial charge in [0.2, 0.25) is 0 Å².